The van der Waals surface area contributed by atoms with Gasteiger partial charge < -0.3 is 14.5 Å². The molecule has 0 radical (unpaired) electrons. The number of anilines is 1. The van der Waals surface area contributed by atoms with Crippen molar-refractivity contribution in [3.63, 3.8) is 0 Å². The highest BCUT2D eigenvalue weighted by Crippen LogP contribution is 2.35. The molecule has 2 fully saturated rings. The van der Waals surface area contributed by atoms with E-state index in [0.717, 1.165) is 61.5 Å². The topological polar surface area (TPSA) is 123 Å². The third-order valence-electron chi connectivity index (χ3n) is 7.18. The molecule has 5 rings (SSSR count). The van der Waals surface area contributed by atoms with Gasteiger partial charge in [0.25, 0.3) is 5.91 Å². The number of rotatable bonds is 5. The van der Waals surface area contributed by atoms with Crippen molar-refractivity contribution in [2.24, 2.45) is 11.1 Å². The smallest absolute Gasteiger partial charge is 0.258 e. The molecule has 2 aromatic heterocycles. The summed E-state index contributed by atoms with van der Waals surface area (Å²) in [5, 5.41) is 10.1. The predicted molar refractivity (Wildman–Crippen MR) is 136 cm³/mol. The fraction of sp³-hybridized carbons (Fsp3) is 0.480. The van der Waals surface area contributed by atoms with Crippen LogP contribution in [-0.4, -0.2) is 60.6 Å². The van der Waals surface area contributed by atoms with E-state index < -0.39 is 10.0 Å². The van der Waals surface area contributed by atoms with Crippen molar-refractivity contribution < 1.29 is 17.9 Å². The van der Waals surface area contributed by atoms with Crippen molar-refractivity contribution in [2.75, 3.05) is 31.6 Å². The molecule has 0 saturated carbocycles. The summed E-state index contributed by atoms with van der Waals surface area (Å²) in [6.45, 7) is 6.83. The number of ether oxygens (including phenoxy) is 1. The Labute approximate surface area is 211 Å². The molecule has 0 unspecified atom stereocenters. The first-order valence-electron chi connectivity index (χ1n) is 12.3. The lowest BCUT2D eigenvalue weighted by atomic mass is 9.98. The highest BCUT2D eigenvalue weighted by Gasteiger charge is 2.33. The number of aromatic nitrogens is 3. The van der Waals surface area contributed by atoms with Gasteiger partial charge in [0.15, 0.2) is 5.65 Å². The standard InChI is InChI=1S/C25H32N6O4S/c1-16-9-11-29(14-16)24-17(2)15-31-23(27-24)13-20(28-31)21-6-4-5-10-30(21)25(32)19-12-18(36(26,33)34)7-8-22(19)35-3/h7-8,12-13,15-16,21H,4-6,9-11,14H2,1-3H3,(H2,26,33,34)/t16-,21-/m0/s1. The Bertz CT molecular complexity index is 1420. The molecule has 2 aliphatic heterocycles. The van der Waals surface area contributed by atoms with Crippen LogP contribution >= 0.6 is 0 Å². The second-order valence-electron chi connectivity index (χ2n) is 9.88. The number of methoxy groups -OCH3 is 1. The highest BCUT2D eigenvalue weighted by molar-refractivity contribution is 7.89. The zero-order valence-electron chi connectivity index (χ0n) is 20.8. The number of hydrogen-bond donors (Lipinski definition) is 1. The summed E-state index contributed by atoms with van der Waals surface area (Å²) in [5.74, 6) is 1.62. The Morgan fingerprint density at radius 1 is 1.17 bits per heavy atom. The average Bonchev–Trinajstić information content (AvgIpc) is 3.47. The molecule has 2 saturated heterocycles. The number of aryl methyl sites for hydroxylation is 1. The zero-order chi connectivity index (χ0) is 25.6. The first-order valence-corrected chi connectivity index (χ1v) is 13.8. The lowest BCUT2D eigenvalue weighted by Crippen LogP contribution is -2.39. The first kappa shape index (κ1) is 24.5. The minimum atomic E-state index is -3.97. The Morgan fingerprint density at radius 2 is 1.97 bits per heavy atom. The molecule has 10 nitrogen and oxygen atoms in total. The number of carbonyl (C=O) groups excluding carboxylic acids is 1. The van der Waals surface area contributed by atoms with E-state index in [9.17, 15) is 13.2 Å². The van der Waals surface area contributed by atoms with Gasteiger partial charge in [-0.05, 0) is 56.7 Å². The minimum Gasteiger partial charge on any atom is -0.496 e. The first-order chi connectivity index (χ1) is 17.2. The van der Waals surface area contributed by atoms with Crippen LogP contribution in [-0.2, 0) is 10.0 Å². The van der Waals surface area contributed by atoms with Crippen LogP contribution in [0.25, 0.3) is 5.65 Å². The van der Waals surface area contributed by atoms with E-state index in [0.29, 0.717) is 18.2 Å². The normalized spacial score (nSPS) is 20.8. The molecule has 1 aromatic carbocycles. The Hall–Kier alpha value is -3.18. The molecule has 1 amide bonds. The van der Waals surface area contributed by atoms with Gasteiger partial charge in [0.2, 0.25) is 10.0 Å². The summed E-state index contributed by atoms with van der Waals surface area (Å²) >= 11 is 0. The van der Waals surface area contributed by atoms with Gasteiger partial charge in [-0.1, -0.05) is 6.92 Å². The third-order valence-corrected chi connectivity index (χ3v) is 8.09. The van der Waals surface area contributed by atoms with Crippen molar-refractivity contribution in [3.05, 3.63) is 47.3 Å². The number of nitrogens with zero attached hydrogens (tertiary/aromatic N) is 5. The van der Waals surface area contributed by atoms with Crippen LogP contribution in [0.15, 0.2) is 35.4 Å². The maximum absolute atomic E-state index is 13.7. The van der Waals surface area contributed by atoms with E-state index in [4.69, 9.17) is 20.0 Å². The largest absolute Gasteiger partial charge is 0.496 e. The number of carbonyl (C=O) groups is 1. The molecule has 0 bridgehead atoms. The molecule has 11 heteroatoms. The molecular weight excluding hydrogens is 480 g/mol. The van der Waals surface area contributed by atoms with E-state index in [1.165, 1.54) is 25.3 Å². The summed E-state index contributed by atoms with van der Waals surface area (Å²) < 4.78 is 31.0. The van der Waals surface area contributed by atoms with E-state index >= 15 is 0 Å². The van der Waals surface area contributed by atoms with E-state index in [1.54, 1.807) is 9.42 Å². The van der Waals surface area contributed by atoms with E-state index in [1.807, 2.05) is 19.2 Å². The van der Waals surface area contributed by atoms with Crippen molar-refractivity contribution in [1.82, 2.24) is 19.5 Å². The minimum absolute atomic E-state index is 0.128. The van der Waals surface area contributed by atoms with Crippen LogP contribution in [0.5, 0.6) is 5.75 Å². The van der Waals surface area contributed by atoms with Crippen molar-refractivity contribution in [1.29, 1.82) is 0 Å². The number of primary sulfonamides is 1. The lowest BCUT2D eigenvalue weighted by Gasteiger charge is -2.35. The number of hydrogen-bond acceptors (Lipinski definition) is 7. The fourth-order valence-corrected chi connectivity index (χ4v) is 5.84. The molecule has 36 heavy (non-hydrogen) atoms. The van der Waals surface area contributed by atoms with Crippen molar-refractivity contribution >= 4 is 27.4 Å². The summed E-state index contributed by atoms with van der Waals surface area (Å²) in [7, 11) is -2.52. The second kappa shape index (κ2) is 9.36. The number of fused-ring (bicyclic) bond motifs is 1. The Morgan fingerprint density at radius 3 is 2.67 bits per heavy atom. The number of amides is 1. The molecule has 0 spiro atoms. The fourth-order valence-electron chi connectivity index (χ4n) is 5.30. The molecule has 192 valence electrons. The van der Waals surface area contributed by atoms with Crippen LogP contribution in [0.2, 0.25) is 0 Å². The highest BCUT2D eigenvalue weighted by atomic mass is 32.2. The maximum Gasteiger partial charge on any atom is 0.258 e. The van der Waals surface area contributed by atoms with Crippen molar-refractivity contribution in [3.8, 4) is 5.75 Å². The molecule has 2 N–H and O–H groups in total. The van der Waals surface area contributed by atoms with Crippen molar-refractivity contribution in [2.45, 2.75) is 50.5 Å². The summed E-state index contributed by atoms with van der Waals surface area (Å²) in [6.07, 6.45) is 5.72. The average molecular weight is 513 g/mol. The number of piperidine rings is 1. The molecule has 2 atom stereocenters. The number of benzene rings is 1. The lowest BCUT2D eigenvalue weighted by molar-refractivity contribution is 0.0602. The SMILES string of the molecule is COc1ccc(S(N)(=O)=O)cc1C(=O)N1CCCC[C@H]1c1cc2nc(N3CC[C@H](C)C3)c(C)cn2n1. The van der Waals surface area contributed by atoms with Gasteiger partial charge in [-0.2, -0.15) is 5.10 Å². The Balaban J connectivity index is 1.50. The Kier molecular flexibility index (Phi) is 6.37. The van der Waals surface area contributed by atoms with Crippen LogP contribution in [0, 0.1) is 12.8 Å². The summed E-state index contributed by atoms with van der Waals surface area (Å²) in [5.41, 5.74) is 2.74. The second-order valence-corrected chi connectivity index (χ2v) is 11.4. The maximum atomic E-state index is 13.7. The molecule has 0 aliphatic carbocycles. The van der Waals surface area contributed by atoms with Crippen LogP contribution in [0.1, 0.15) is 60.3 Å². The van der Waals surface area contributed by atoms with Crippen LogP contribution in [0.3, 0.4) is 0 Å². The third kappa shape index (κ3) is 4.53. The molecular formula is C25H32N6O4S. The van der Waals surface area contributed by atoms with Gasteiger partial charge in [-0.3, -0.25) is 4.79 Å². The number of nitrogens with two attached hydrogens (primary N) is 1. The zero-order valence-corrected chi connectivity index (χ0v) is 21.7. The summed E-state index contributed by atoms with van der Waals surface area (Å²) in [6, 6.07) is 5.79. The number of sulfonamides is 1. The van der Waals surface area contributed by atoms with Gasteiger partial charge in [0.05, 0.1) is 29.3 Å². The van der Waals surface area contributed by atoms with Crippen LogP contribution in [0.4, 0.5) is 5.82 Å². The van der Waals surface area contributed by atoms with Gasteiger partial charge >= 0.3 is 0 Å². The predicted octanol–water partition coefficient (Wildman–Crippen LogP) is 2.91. The number of likely N-dealkylation sites (tertiary alicyclic amines) is 1. The summed E-state index contributed by atoms with van der Waals surface area (Å²) in [4.78, 5) is 22.6. The van der Waals surface area contributed by atoms with Crippen LogP contribution < -0.4 is 14.8 Å². The van der Waals surface area contributed by atoms with E-state index in [-0.39, 0.29) is 22.4 Å². The molecule has 2 aliphatic rings. The van der Waals surface area contributed by atoms with E-state index in [2.05, 4.69) is 11.8 Å². The molecule has 4 heterocycles. The van der Waals surface area contributed by atoms with Gasteiger partial charge in [-0.25, -0.2) is 23.1 Å². The molecule has 3 aromatic rings. The quantitative estimate of drug-likeness (QED) is 0.558. The van der Waals surface area contributed by atoms with Gasteiger partial charge in [0.1, 0.15) is 11.6 Å². The van der Waals surface area contributed by atoms with Gasteiger partial charge in [-0.15, -0.1) is 0 Å². The van der Waals surface area contributed by atoms with Gasteiger partial charge in [0, 0.05) is 37.5 Å². The monoisotopic (exact) mass is 512 g/mol.